The van der Waals surface area contributed by atoms with Crippen LogP contribution in [0.25, 0.3) is 0 Å². The molecule has 20 heavy (non-hydrogen) atoms. The monoisotopic (exact) mass is 274 g/mol. The number of amides is 3. The number of ether oxygens (including phenoxy) is 1. The average Bonchev–Trinajstić information content (AvgIpc) is 2.84. The van der Waals surface area contributed by atoms with Crippen molar-refractivity contribution in [1.82, 2.24) is 10.2 Å². The van der Waals surface area contributed by atoms with Crippen LogP contribution in [-0.2, 0) is 11.2 Å². The molecule has 1 aromatic carbocycles. The van der Waals surface area contributed by atoms with Crippen LogP contribution in [0.4, 0.5) is 4.79 Å². The maximum Gasteiger partial charge on any atom is 0.325 e. The van der Waals surface area contributed by atoms with Gasteiger partial charge in [0.05, 0.1) is 6.54 Å². The van der Waals surface area contributed by atoms with Gasteiger partial charge in [0.15, 0.2) is 0 Å². The molecule has 0 aromatic heterocycles. The SMILES string of the molecule is Cc1ccc2c(c1)CC(CN1C(=O)NC(=O)C1(C)C)O2. The lowest BCUT2D eigenvalue weighted by molar-refractivity contribution is -0.125. The molecule has 5 nitrogen and oxygen atoms in total. The minimum atomic E-state index is -0.814. The third kappa shape index (κ3) is 1.94. The zero-order chi connectivity index (χ0) is 14.5. The molecule has 3 amide bonds. The summed E-state index contributed by atoms with van der Waals surface area (Å²) in [4.78, 5) is 25.1. The van der Waals surface area contributed by atoms with Gasteiger partial charge in [-0.25, -0.2) is 4.79 Å². The molecule has 5 heteroatoms. The van der Waals surface area contributed by atoms with Crippen molar-refractivity contribution in [2.24, 2.45) is 0 Å². The Morgan fingerprint density at radius 3 is 2.80 bits per heavy atom. The Morgan fingerprint density at radius 2 is 2.15 bits per heavy atom. The van der Waals surface area contributed by atoms with Crippen molar-refractivity contribution < 1.29 is 14.3 Å². The Kier molecular flexibility index (Phi) is 2.74. The Hall–Kier alpha value is -2.04. The van der Waals surface area contributed by atoms with Crippen molar-refractivity contribution >= 4 is 11.9 Å². The van der Waals surface area contributed by atoms with Crippen LogP contribution in [0.5, 0.6) is 5.75 Å². The van der Waals surface area contributed by atoms with Gasteiger partial charge in [-0.15, -0.1) is 0 Å². The zero-order valence-electron chi connectivity index (χ0n) is 11.9. The first-order valence-electron chi connectivity index (χ1n) is 6.77. The maximum absolute atomic E-state index is 11.9. The molecule has 1 saturated heterocycles. The second-order valence-electron chi connectivity index (χ2n) is 5.98. The summed E-state index contributed by atoms with van der Waals surface area (Å²) in [5.41, 5.74) is 1.55. The van der Waals surface area contributed by atoms with Crippen LogP contribution in [0.2, 0.25) is 0 Å². The molecule has 0 spiro atoms. The van der Waals surface area contributed by atoms with E-state index in [0.717, 1.165) is 12.2 Å². The van der Waals surface area contributed by atoms with E-state index in [9.17, 15) is 9.59 Å². The van der Waals surface area contributed by atoms with E-state index in [-0.39, 0.29) is 18.0 Å². The van der Waals surface area contributed by atoms with Gasteiger partial charge in [0.1, 0.15) is 17.4 Å². The summed E-state index contributed by atoms with van der Waals surface area (Å²) in [5, 5.41) is 2.35. The summed E-state index contributed by atoms with van der Waals surface area (Å²) in [5.74, 6) is 0.623. The van der Waals surface area contributed by atoms with Crippen LogP contribution in [0.1, 0.15) is 25.0 Å². The van der Waals surface area contributed by atoms with Crippen molar-refractivity contribution in [3.8, 4) is 5.75 Å². The van der Waals surface area contributed by atoms with Crippen molar-refractivity contribution in [1.29, 1.82) is 0 Å². The van der Waals surface area contributed by atoms with Gasteiger partial charge in [-0.1, -0.05) is 17.7 Å². The largest absolute Gasteiger partial charge is 0.488 e. The van der Waals surface area contributed by atoms with Gasteiger partial charge in [0.2, 0.25) is 0 Å². The first kappa shape index (κ1) is 13.0. The standard InChI is InChI=1S/C15H18N2O3/c1-9-4-5-12-10(6-9)7-11(20-12)8-17-14(19)16-13(18)15(17,2)3/h4-6,11H,7-8H2,1-3H3,(H,16,18,19). The number of carbonyl (C=O) groups is 2. The highest BCUT2D eigenvalue weighted by atomic mass is 16.5. The summed E-state index contributed by atoms with van der Waals surface area (Å²) >= 11 is 0. The summed E-state index contributed by atoms with van der Waals surface area (Å²) in [6.07, 6.45) is 0.674. The minimum absolute atomic E-state index is 0.0947. The number of fused-ring (bicyclic) bond motifs is 1. The Balaban J connectivity index is 1.75. The number of urea groups is 1. The molecule has 2 heterocycles. The van der Waals surface area contributed by atoms with Crippen LogP contribution in [0.15, 0.2) is 18.2 Å². The molecular weight excluding hydrogens is 256 g/mol. The highest BCUT2D eigenvalue weighted by Crippen LogP contribution is 2.31. The molecule has 3 rings (SSSR count). The number of hydrogen-bond acceptors (Lipinski definition) is 3. The molecule has 0 radical (unpaired) electrons. The number of aryl methyl sites for hydroxylation is 1. The lowest BCUT2D eigenvalue weighted by atomic mass is 10.0. The number of nitrogens with zero attached hydrogens (tertiary/aromatic N) is 1. The highest BCUT2D eigenvalue weighted by molar-refractivity contribution is 6.06. The fourth-order valence-corrected chi connectivity index (χ4v) is 2.76. The van der Waals surface area contributed by atoms with Crippen LogP contribution >= 0.6 is 0 Å². The quantitative estimate of drug-likeness (QED) is 0.834. The summed E-state index contributed by atoms with van der Waals surface area (Å²) in [6.45, 7) is 5.96. The van der Waals surface area contributed by atoms with E-state index >= 15 is 0 Å². The van der Waals surface area contributed by atoms with Gasteiger partial charge in [-0.3, -0.25) is 10.1 Å². The Labute approximate surface area is 117 Å². The van der Waals surface area contributed by atoms with Gasteiger partial charge >= 0.3 is 6.03 Å². The third-order valence-corrected chi connectivity index (χ3v) is 4.04. The summed E-state index contributed by atoms with van der Waals surface area (Å²) in [6, 6.07) is 5.74. The zero-order valence-corrected chi connectivity index (χ0v) is 11.9. The smallest absolute Gasteiger partial charge is 0.325 e. The van der Waals surface area contributed by atoms with Gasteiger partial charge in [0, 0.05) is 6.42 Å². The van der Waals surface area contributed by atoms with Crippen molar-refractivity contribution in [3.63, 3.8) is 0 Å². The molecule has 0 bridgehead atoms. The fourth-order valence-electron chi connectivity index (χ4n) is 2.76. The lowest BCUT2D eigenvalue weighted by Gasteiger charge is -2.29. The molecule has 0 saturated carbocycles. The summed E-state index contributed by atoms with van der Waals surface area (Å²) in [7, 11) is 0. The lowest BCUT2D eigenvalue weighted by Crippen LogP contribution is -2.48. The first-order chi connectivity index (χ1) is 9.38. The van der Waals surface area contributed by atoms with Crippen LogP contribution in [-0.4, -0.2) is 35.0 Å². The molecule has 1 aromatic rings. The molecule has 106 valence electrons. The topological polar surface area (TPSA) is 58.6 Å². The van der Waals surface area contributed by atoms with Gasteiger partial charge in [-0.2, -0.15) is 0 Å². The van der Waals surface area contributed by atoms with E-state index < -0.39 is 5.54 Å². The number of benzene rings is 1. The van der Waals surface area contributed by atoms with E-state index in [1.165, 1.54) is 11.1 Å². The molecule has 0 aliphatic carbocycles. The average molecular weight is 274 g/mol. The summed E-state index contributed by atoms with van der Waals surface area (Å²) < 4.78 is 5.87. The van der Waals surface area contributed by atoms with Crippen molar-refractivity contribution in [2.75, 3.05) is 6.54 Å². The van der Waals surface area contributed by atoms with Crippen molar-refractivity contribution in [2.45, 2.75) is 38.8 Å². The van der Waals surface area contributed by atoms with E-state index in [1.54, 1.807) is 18.7 Å². The number of hydrogen-bond donors (Lipinski definition) is 1. The van der Waals surface area contributed by atoms with Gasteiger partial charge in [0.25, 0.3) is 5.91 Å². The molecule has 1 unspecified atom stereocenters. The van der Waals surface area contributed by atoms with E-state index in [4.69, 9.17) is 4.74 Å². The van der Waals surface area contributed by atoms with Crippen LogP contribution < -0.4 is 10.1 Å². The first-order valence-corrected chi connectivity index (χ1v) is 6.77. The fraction of sp³-hybridized carbons (Fsp3) is 0.467. The molecule has 1 N–H and O–H groups in total. The number of nitrogens with one attached hydrogen (secondary N) is 1. The van der Waals surface area contributed by atoms with E-state index in [0.29, 0.717) is 6.54 Å². The van der Waals surface area contributed by atoms with Crippen LogP contribution in [0, 0.1) is 6.92 Å². The van der Waals surface area contributed by atoms with E-state index in [1.807, 2.05) is 19.1 Å². The van der Waals surface area contributed by atoms with Crippen molar-refractivity contribution in [3.05, 3.63) is 29.3 Å². The predicted molar refractivity (Wildman–Crippen MR) is 73.6 cm³/mol. The van der Waals surface area contributed by atoms with E-state index in [2.05, 4.69) is 11.4 Å². The second kappa shape index (κ2) is 4.23. The van der Waals surface area contributed by atoms with Crippen LogP contribution in [0.3, 0.4) is 0 Å². The molecule has 1 fully saturated rings. The normalized spacial score (nSPS) is 23.6. The third-order valence-electron chi connectivity index (χ3n) is 4.04. The molecule has 2 aliphatic heterocycles. The molecule has 2 aliphatic rings. The van der Waals surface area contributed by atoms with Gasteiger partial charge in [-0.05, 0) is 32.4 Å². The maximum atomic E-state index is 11.9. The Bertz CT molecular complexity index is 595. The van der Waals surface area contributed by atoms with Gasteiger partial charge < -0.3 is 9.64 Å². The minimum Gasteiger partial charge on any atom is -0.488 e. The number of rotatable bonds is 2. The number of imide groups is 1. The highest BCUT2D eigenvalue weighted by Gasteiger charge is 2.46. The Morgan fingerprint density at radius 1 is 1.40 bits per heavy atom. The molecular formula is C15H18N2O3. The molecule has 1 atom stereocenters. The number of carbonyl (C=O) groups excluding carboxylic acids is 2. The predicted octanol–water partition coefficient (Wildman–Crippen LogP) is 1.63. The second-order valence-corrected chi connectivity index (χ2v) is 5.98.